The summed E-state index contributed by atoms with van der Waals surface area (Å²) in [6.45, 7) is 5.05. The first-order valence-corrected chi connectivity index (χ1v) is 11.9. The third-order valence-electron chi connectivity index (χ3n) is 5.80. The summed E-state index contributed by atoms with van der Waals surface area (Å²) in [7, 11) is -4.10. The lowest BCUT2D eigenvalue weighted by Crippen LogP contribution is -2.35. The van der Waals surface area contributed by atoms with E-state index in [2.05, 4.69) is 0 Å². The normalized spacial score (nSPS) is 20.5. The van der Waals surface area contributed by atoms with Gasteiger partial charge in [-0.15, -0.1) is 0 Å². The molecule has 0 N–H and O–H groups in total. The summed E-state index contributed by atoms with van der Waals surface area (Å²) in [5, 5.41) is -1.38. The molecule has 1 saturated carbocycles. The lowest BCUT2D eigenvalue weighted by molar-refractivity contribution is -0.164. The van der Waals surface area contributed by atoms with Crippen molar-refractivity contribution in [3.8, 4) is 11.5 Å². The molecule has 170 valence electrons. The van der Waals surface area contributed by atoms with Gasteiger partial charge in [0.15, 0.2) is 26.8 Å². The van der Waals surface area contributed by atoms with Crippen LogP contribution in [0.5, 0.6) is 11.5 Å². The molecule has 8 nitrogen and oxygen atoms in total. The van der Waals surface area contributed by atoms with Crippen molar-refractivity contribution >= 4 is 21.8 Å². The average molecular weight is 461 g/mol. The summed E-state index contributed by atoms with van der Waals surface area (Å²) in [5.41, 5.74) is -0.672. The van der Waals surface area contributed by atoms with Crippen molar-refractivity contribution in [3.63, 3.8) is 0 Å². The fraction of sp³-hybridized carbons (Fsp3) is 0.391. The average Bonchev–Trinajstić information content (AvgIpc) is 3.29. The van der Waals surface area contributed by atoms with Crippen LogP contribution in [0.3, 0.4) is 0 Å². The van der Waals surface area contributed by atoms with Gasteiger partial charge in [0.2, 0.25) is 6.79 Å². The maximum absolute atomic E-state index is 13.7. The number of hydrogen-bond acceptors (Lipinski definition) is 8. The Morgan fingerprint density at radius 3 is 2.16 bits per heavy atom. The standard InChI is InChI=1S/C23H24O8S/c1-4-28-21(24)23(22(25)29-5-2)19(15-8-11-17-18(12-15)31-13-30-17)20(23)32(26,27)16-9-6-14(3)7-10-16/h6-12,19-20H,4-5,13H2,1-3H3/t19-,20+/m0/s1. The summed E-state index contributed by atoms with van der Waals surface area (Å²) >= 11 is 0. The fourth-order valence-corrected chi connectivity index (χ4v) is 6.56. The predicted molar refractivity (Wildman–Crippen MR) is 113 cm³/mol. The van der Waals surface area contributed by atoms with Crippen molar-refractivity contribution < 1.29 is 37.0 Å². The van der Waals surface area contributed by atoms with Gasteiger partial charge < -0.3 is 18.9 Å². The van der Waals surface area contributed by atoms with Crippen LogP contribution in [0.4, 0.5) is 0 Å². The number of rotatable bonds is 7. The van der Waals surface area contributed by atoms with Crippen molar-refractivity contribution in [2.75, 3.05) is 20.0 Å². The smallest absolute Gasteiger partial charge is 0.325 e. The van der Waals surface area contributed by atoms with Crippen molar-refractivity contribution in [3.05, 3.63) is 53.6 Å². The Balaban J connectivity index is 1.88. The maximum atomic E-state index is 13.7. The van der Waals surface area contributed by atoms with E-state index in [-0.39, 0.29) is 24.9 Å². The minimum atomic E-state index is -4.10. The number of fused-ring (bicyclic) bond motifs is 1. The lowest BCUT2D eigenvalue weighted by atomic mass is 9.98. The summed E-state index contributed by atoms with van der Waals surface area (Å²) in [4.78, 5) is 26.3. The molecular weight excluding hydrogens is 436 g/mol. The van der Waals surface area contributed by atoms with E-state index in [1.807, 2.05) is 6.92 Å². The monoisotopic (exact) mass is 460 g/mol. The number of ether oxygens (including phenoxy) is 4. The zero-order chi connectivity index (χ0) is 23.1. The quantitative estimate of drug-likeness (QED) is 0.459. The van der Waals surface area contributed by atoms with Crippen LogP contribution in [0.1, 0.15) is 30.9 Å². The van der Waals surface area contributed by atoms with Crippen LogP contribution in [-0.2, 0) is 28.9 Å². The van der Waals surface area contributed by atoms with Gasteiger partial charge in [-0.05, 0) is 50.6 Å². The number of sulfone groups is 1. The zero-order valence-electron chi connectivity index (χ0n) is 18.0. The molecule has 0 spiro atoms. The maximum Gasteiger partial charge on any atom is 0.325 e. The van der Waals surface area contributed by atoms with Crippen LogP contribution in [0.2, 0.25) is 0 Å². The van der Waals surface area contributed by atoms with Gasteiger partial charge in [-0.1, -0.05) is 23.8 Å². The lowest BCUT2D eigenvalue weighted by Gasteiger charge is -2.15. The highest BCUT2D eigenvalue weighted by Crippen LogP contribution is 2.66. The number of esters is 2. The molecule has 0 aromatic heterocycles. The summed E-state index contributed by atoms with van der Waals surface area (Å²) < 4.78 is 48.5. The summed E-state index contributed by atoms with van der Waals surface area (Å²) in [6, 6.07) is 11.2. The second-order valence-electron chi connectivity index (χ2n) is 7.68. The largest absolute Gasteiger partial charge is 0.465 e. The van der Waals surface area contributed by atoms with Crippen LogP contribution >= 0.6 is 0 Å². The molecule has 2 aromatic carbocycles. The Kier molecular flexibility index (Phi) is 5.62. The van der Waals surface area contributed by atoms with E-state index in [0.29, 0.717) is 17.1 Å². The third-order valence-corrected chi connectivity index (χ3v) is 8.04. The Morgan fingerprint density at radius 2 is 1.56 bits per heavy atom. The molecular formula is C23H24O8S. The summed E-state index contributed by atoms with van der Waals surface area (Å²) in [5.74, 6) is -1.90. The minimum absolute atomic E-state index is 0.00878. The molecule has 2 aromatic rings. The van der Waals surface area contributed by atoms with Gasteiger partial charge in [0.1, 0.15) is 5.25 Å². The van der Waals surface area contributed by atoms with E-state index in [1.54, 1.807) is 44.2 Å². The molecule has 0 unspecified atom stereocenters. The van der Waals surface area contributed by atoms with E-state index >= 15 is 0 Å². The second-order valence-corrected chi connectivity index (χ2v) is 9.75. The van der Waals surface area contributed by atoms with E-state index in [1.165, 1.54) is 12.1 Å². The Bertz CT molecular complexity index is 1140. The molecule has 1 heterocycles. The van der Waals surface area contributed by atoms with Gasteiger partial charge >= 0.3 is 11.9 Å². The molecule has 0 radical (unpaired) electrons. The van der Waals surface area contributed by atoms with Crippen LogP contribution in [-0.4, -0.2) is 45.6 Å². The number of benzene rings is 2. The zero-order valence-corrected chi connectivity index (χ0v) is 18.8. The molecule has 2 aliphatic rings. The molecule has 2 atom stereocenters. The number of carbonyl (C=O) groups is 2. The number of hydrogen-bond donors (Lipinski definition) is 0. The highest BCUT2D eigenvalue weighted by molar-refractivity contribution is 7.92. The van der Waals surface area contributed by atoms with Crippen LogP contribution in [0.15, 0.2) is 47.4 Å². The Labute approximate surface area is 186 Å². The Morgan fingerprint density at radius 1 is 0.969 bits per heavy atom. The third kappa shape index (κ3) is 3.31. The van der Waals surface area contributed by atoms with Gasteiger partial charge in [0, 0.05) is 5.92 Å². The molecule has 9 heteroatoms. The van der Waals surface area contributed by atoms with Crippen molar-refractivity contribution in [1.82, 2.24) is 0 Å². The molecule has 0 bridgehead atoms. The summed E-state index contributed by atoms with van der Waals surface area (Å²) in [6.07, 6.45) is 0. The molecule has 0 amide bonds. The van der Waals surface area contributed by atoms with Crippen molar-refractivity contribution in [2.24, 2.45) is 5.41 Å². The highest BCUT2D eigenvalue weighted by Gasteiger charge is 2.81. The minimum Gasteiger partial charge on any atom is -0.465 e. The van der Waals surface area contributed by atoms with E-state index in [9.17, 15) is 18.0 Å². The van der Waals surface area contributed by atoms with Crippen LogP contribution in [0, 0.1) is 12.3 Å². The van der Waals surface area contributed by atoms with Crippen LogP contribution in [0.25, 0.3) is 0 Å². The van der Waals surface area contributed by atoms with Gasteiger partial charge in [-0.25, -0.2) is 8.42 Å². The Hall–Kier alpha value is -3.07. The first kappa shape index (κ1) is 22.1. The first-order chi connectivity index (χ1) is 15.3. The predicted octanol–water partition coefficient (Wildman–Crippen LogP) is 2.78. The molecule has 1 aliphatic carbocycles. The number of carbonyl (C=O) groups excluding carboxylic acids is 2. The second kappa shape index (κ2) is 8.12. The molecule has 32 heavy (non-hydrogen) atoms. The fourth-order valence-electron chi connectivity index (χ4n) is 4.27. The SMILES string of the molecule is CCOC(=O)C1(C(=O)OCC)[C@H](S(=O)(=O)c2ccc(C)cc2)[C@@H]1c1ccc2c(c1)OCO2. The van der Waals surface area contributed by atoms with E-state index in [4.69, 9.17) is 18.9 Å². The molecule has 0 saturated heterocycles. The van der Waals surface area contributed by atoms with Crippen molar-refractivity contribution in [2.45, 2.75) is 36.8 Å². The van der Waals surface area contributed by atoms with Gasteiger partial charge in [-0.2, -0.15) is 0 Å². The van der Waals surface area contributed by atoms with E-state index < -0.39 is 38.4 Å². The first-order valence-electron chi connectivity index (χ1n) is 10.3. The number of aryl methyl sites for hydroxylation is 1. The molecule has 1 aliphatic heterocycles. The van der Waals surface area contributed by atoms with Crippen LogP contribution < -0.4 is 9.47 Å². The van der Waals surface area contributed by atoms with E-state index in [0.717, 1.165) is 5.56 Å². The van der Waals surface area contributed by atoms with Gasteiger partial charge in [0.05, 0.1) is 18.1 Å². The highest BCUT2D eigenvalue weighted by atomic mass is 32.2. The topological polar surface area (TPSA) is 105 Å². The van der Waals surface area contributed by atoms with Crippen molar-refractivity contribution in [1.29, 1.82) is 0 Å². The molecule has 1 fully saturated rings. The molecule has 4 rings (SSSR count). The van der Waals surface area contributed by atoms with Gasteiger partial charge in [-0.3, -0.25) is 9.59 Å². The van der Waals surface area contributed by atoms with Gasteiger partial charge in [0.25, 0.3) is 0 Å².